The van der Waals surface area contributed by atoms with Crippen molar-refractivity contribution in [2.45, 2.75) is 11.0 Å². The van der Waals surface area contributed by atoms with Crippen LogP contribution in [0.4, 0.5) is 26.3 Å². The Morgan fingerprint density at radius 1 is 0.541 bits per heavy atom. The third-order valence-electron chi connectivity index (χ3n) is 3.78. The molecule has 0 bridgehead atoms. The molecule has 0 aromatic carbocycles. The van der Waals surface area contributed by atoms with Gasteiger partial charge < -0.3 is 28.4 Å². The Hall–Kier alpha value is -0.840. The van der Waals surface area contributed by atoms with Crippen molar-refractivity contribution in [2.24, 2.45) is 0 Å². The Balaban J connectivity index is 0. The molecule has 0 rings (SSSR count). The number of ether oxygens (including phenoxy) is 6. The van der Waals surface area contributed by atoms with Gasteiger partial charge in [0.05, 0.1) is 59.5 Å². The lowest BCUT2D eigenvalue weighted by molar-refractivity contribution is -0.0476. The second kappa shape index (κ2) is 20.1. The van der Waals surface area contributed by atoms with Crippen LogP contribution in [-0.4, -0.2) is 133 Å². The van der Waals surface area contributed by atoms with Crippen molar-refractivity contribution in [3.8, 4) is 0 Å². The summed E-state index contributed by atoms with van der Waals surface area (Å²) in [5.41, 5.74) is -12.3. The maximum atomic E-state index is 11.5. The molecule has 12 nitrogen and oxygen atoms in total. The first kappa shape index (κ1) is 38.3. The summed E-state index contributed by atoms with van der Waals surface area (Å²) in [5.74, 6) is 0. The molecule has 37 heavy (non-hydrogen) atoms. The zero-order chi connectivity index (χ0) is 29.0. The van der Waals surface area contributed by atoms with E-state index in [1.165, 1.54) is 0 Å². The van der Waals surface area contributed by atoms with Gasteiger partial charge in [-0.05, 0) is 0 Å². The molecule has 0 saturated heterocycles. The van der Waals surface area contributed by atoms with Gasteiger partial charge in [0, 0.05) is 41.0 Å². The van der Waals surface area contributed by atoms with Gasteiger partial charge in [-0.1, -0.05) is 4.13 Å². The van der Waals surface area contributed by atoms with Crippen LogP contribution in [0.25, 0.3) is 0 Å². The Morgan fingerprint density at radius 3 is 1.03 bits per heavy atom. The topological polar surface area (TPSA) is 139 Å². The molecule has 1 N–H and O–H groups in total. The Bertz CT molecular complexity index is 692. The van der Waals surface area contributed by atoms with E-state index in [4.69, 9.17) is 28.4 Å². The van der Waals surface area contributed by atoms with E-state index >= 15 is 0 Å². The molecule has 20 heteroatoms. The number of alkyl halides is 6. The zero-order valence-electron chi connectivity index (χ0n) is 20.6. The van der Waals surface area contributed by atoms with Gasteiger partial charge >= 0.3 is 31.1 Å². The Kier molecular flexibility index (Phi) is 20.8. The number of hydrogen-bond acceptors (Lipinski definition) is 11. The number of nitrogens with one attached hydrogen (secondary N) is 1. The summed E-state index contributed by atoms with van der Waals surface area (Å²) >= 11 is 0. The van der Waals surface area contributed by atoms with Crippen LogP contribution >= 0.6 is 0 Å². The molecule has 0 spiro atoms. The van der Waals surface area contributed by atoms with Crippen LogP contribution < -0.4 is 4.13 Å². The van der Waals surface area contributed by atoms with E-state index in [9.17, 15) is 43.2 Å². The second-order valence-electron chi connectivity index (χ2n) is 6.64. The van der Waals surface area contributed by atoms with E-state index in [0.717, 1.165) is 19.6 Å². The molecule has 0 heterocycles. The molecule has 0 fully saturated rings. The van der Waals surface area contributed by atoms with Gasteiger partial charge in [-0.25, -0.2) is 16.8 Å². The van der Waals surface area contributed by atoms with Gasteiger partial charge in [0.2, 0.25) is 0 Å². The van der Waals surface area contributed by atoms with E-state index in [-0.39, 0.29) is 0 Å². The number of methoxy groups -OCH3 is 3. The summed E-state index contributed by atoms with van der Waals surface area (Å²) in [7, 11) is -8.18. The standard InChI is InChI=1S/C15H33NO6.C2HF6NO4S2/c1-17-10-13-20-7-4-16(5-8-21-14-11-18-2)6-9-22-15-12-19-3;3-1(4,5)14(10,11)9-15(12,13)2(6,7)8/h4-15H2,1-3H3;9H. The third kappa shape index (κ3) is 19.8. The molecule has 0 radical (unpaired) electrons. The first-order valence-electron chi connectivity index (χ1n) is 10.4. The van der Waals surface area contributed by atoms with Crippen molar-refractivity contribution in [3.05, 3.63) is 0 Å². The van der Waals surface area contributed by atoms with Crippen LogP contribution in [0.3, 0.4) is 0 Å². The molecule has 0 aliphatic rings. The molecule has 0 aromatic heterocycles. The average Bonchev–Trinajstić information content (AvgIpc) is 2.76. The number of nitrogens with zero attached hydrogens (tertiary/aromatic N) is 1. The van der Waals surface area contributed by atoms with Gasteiger partial charge in [-0.15, -0.1) is 0 Å². The summed E-state index contributed by atoms with van der Waals surface area (Å²) in [6.45, 7) is 8.34. The molecular formula is C17H34F6N2O10S2. The van der Waals surface area contributed by atoms with Crippen LogP contribution in [0.5, 0.6) is 0 Å². The summed E-state index contributed by atoms with van der Waals surface area (Å²) < 4.78 is 140. The van der Waals surface area contributed by atoms with E-state index < -0.39 is 35.2 Å². The van der Waals surface area contributed by atoms with Gasteiger partial charge in [-0.2, -0.15) is 26.3 Å². The lowest BCUT2D eigenvalue weighted by Crippen LogP contribution is -2.45. The van der Waals surface area contributed by atoms with Crippen LogP contribution in [0.15, 0.2) is 0 Å². The van der Waals surface area contributed by atoms with Crippen LogP contribution in [-0.2, 0) is 48.5 Å². The smallest absolute Gasteiger partial charge is 0.382 e. The summed E-state index contributed by atoms with van der Waals surface area (Å²) in [4.78, 5) is 2.27. The highest BCUT2D eigenvalue weighted by atomic mass is 32.3. The Morgan fingerprint density at radius 2 is 0.811 bits per heavy atom. The minimum atomic E-state index is -6.60. The fourth-order valence-electron chi connectivity index (χ4n) is 1.89. The molecule has 0 aromatic rings. The highest BCUT2D eigenvalue weighted by Gasteiger charge is 2.55. The van der Waals surface area contributed by atoms with Crippen molar-refractivity contribution in [3.63, 3.8) is 0 Å². The van der Waals surface area contributed by atoms with Crippen molar-refractivity contribution in [2.75, 3.05) is 100 Å². The monoisotopic (exact) mass is 604 g/mol. The quantitative estimate of drug-likeness (QED) is 0.154. The maximum Gasteiger partial charge on any atom is 0.512 e. The number of rotatable bonds is 20. The summed E-state index contributed by atoms with van der Waals surface area (Å²) in [6, 6.07) is 0. The minimum Gasteiger partial charge on any atom is -0.382 e. The molecule has 226 valence electrons. The lowest BCUT2D eigenvalue weighted by atomic mass is 10.4. The van der Waals surface area contributed by atoms with E-state index in [1.807, 2.05) is 0 Å². The fraction of sp³-hybridized carbons (Fsp3) is 1.00. The summed E-state index contributed by atoms with van der Waals surface area (Å²) in [6.07, 6.45) is 0. The summed E-state index contributed by atoms with van der Waals surface area (Å²) in [5, 5.41) is 0. The average molecular weight is 605 g/mol. The largest absolute Gasteiger partial charge is 0.512 e. The molecule has 0 amide bonds. The molecule has 0 unspecified atom stereocenters. The first-order valence-corrected chi connectivity index (χ1v) is 13.4. The SMILES string of the molecule is COCCOCCN(CCOCCOC)CCOCCOC.O=S(=O)(NS(=O)(=O)C(F)(F)F)C(F)(F)F. The second-order valence-corrected chi connectivity index (χ2v) is 10.2. The lowest BCUT2D eigenvalue weighted by Gasteiger charge is -2.22. The van der Waals surface area contributed by atoms with E-state index in [2.05, 4.69) is 4.90 Å². The van der Waals surface area contributed by atoms with E-state index in [0.29, 0.717) is 59.5 Å². The zero-order valence-corrected chi connectivity index (χ0v) is 22.2. The van der Waals surface area contributed by atoms with Crippen LogP contribution in [0, 0.1) is 0 Å². The first-order chi connectivity index (χ1) is 17.1. The normalized spacial score (nSPS) is 13.0. The Labute approximate surface area is 212 Å². The van der Waals surface area contributed by atoms with Crippen LogP contribution in [0.1, 0.15) is 0 Å². The van der Waals surface area contributed by atoms with Gasteiger partial charge in [0.25, 0.3) is 0 Å². The predicted octanol–water partition coefficient (Wildman–Crippen LogP) is 0.553. The van der Waals surface area contributed by atoms with Crippen molar-refractivity contribution < 1.29 is 71.6 Å². The van der Waals surface area contributed by atoms with Gasteiger partial charge in [0.1, 0.15) is 0 Å². The molecule has 0 aliphatic heterocycles. The molecule has 0 saturated carbocycles. The number of hydrogen-bond donors (Lipinski definition) is 1. The maximum absolute atomic E-state index is 11.5. The fourth-order valence-corrected chi connectivity index (χ4v) is 3.80. The van der Waals surface area contributed by atoms with Crippen molar-refractivity contribution >= 4 is 20.0 Å². The molecule has 0 aliphatic carbocycles. The van der Waals surface area contributed by atoms with Crippen molar-refractivity contribution in [1.29, 1.82) is 0 Å². The van der Waals surface area contributed by atoms with Crippen LogP contribution in [0.2, 0.25) is 0 Å². The van der Waals surface area contributed by atoms with E-state index in [1.54, 1.807) is 21.3 Å². The minimum absolute atomic E-state index is 0.493. The predicted molar refractivity (Wildman–Crippen MR) is 118 cm³/mol. The number of halogens is 6. The van der Waals surface area contributed by atoms with Gasteiger partial charge in [0.15, 0.2) is 0 Å². The third-order valence-corrected chi connectivity index (χ3v) is 6.75. The van der Waals surface area contributed by atoms with Crippen molar-refractivity contribution in [1.82, 2.24) is 9.03 Å². The number of sulfonamides is 2. The van der Waals surface area contributed by atoms with Gasteiger partial charge in [-0.3, -0.25) is 4.90 Å². The molecule has 0 atom stereocenters. The highest BCUT2D eigenvalue weighted by Crippen LogP contribution is 2.27. The highest BCUT2D eigenvalue weighted by molar-refractivity contribution is 8.05. The molecular weight excluding hydrogens is 570 g/mol.